The molecule has 0 aliphatic heterocycles. The molecule has 0 saturated carbocycles. The number of nitrogens with one attached hydrogen (secondary N) is 1. The van der Waals surface area contributed by atoms with Gasteiger partial charge in [0.25, 0.3) is 11.5 Å². The number of hydrogen-bond donors (Lipinski definition) is 1. The molecular formula is C27H28N4O2. The molecule has 33 heavy (non-hydrogen) atoms. The van der Waals surface area contributed by atoms with Crippen molar-refractivity contribution in [3.05, 3.63) is 106 Å². The van der Waals surface area contributed by atoms with Gasteiger partial charge in [-0.3, -0.25) is 14.2 Å². The molecule has 6 heteroatoms. The lowest BCUT2D eigenvalue weighted by Gasteiger charge is -2.24. The van der Waals surface area contributed by atoms with Gasteiger partial charge in [0.15, 0.2) is 0 Å². The summed E-state index contributed by atoms with van der Waals surface area (Å²) in [6, 6.07) is 24.8. The fraction of sp³-hybridized carbons (Fsp3) is 0.222. The van der Waals surface area contributed by atoms with Gasteiger partial charge in [-0.15, -0.1) is 0 Å². The maximum atomic E-state index is 13.5. The average molecular weight is 441 g/mol. The lowest BCUT2D eigenvalue weighted by atomic mass is 10.1. The molecule has 3 aromatic carbocycles. The molecule has 0 radical (unpaired) electrons. The minimum atomic E-state index is -0.194. The second-order valence-corrected chi connectivity index (χ2v) is 7.86. The summed E-state index contributed by atoms with van der Waals surface area (Å²) in [7, 11) is 0. The van der Waals surface area contributed by atoms with Crippen molar-refractivity contribution in [2.24, 2.45) is 0 Å². The van der Waals surface area contributed by atoms with Crippen LogP contribution in [0.25, 0.3) is 10.9 Å². The summed E-state index contributed by atoms with van der Waals surface area (Å²) in [6.07, 6.45) is 0. The van der Waals surface area contributed by atoms with Crippen molar-refractivity contribution in [1.82, 2.24) is 14.9 Å². The fourth-order valence-corrected chi connectivity index (χ4v) is 3.89. The van der Waals surface area contributed by atoms with E-state index in [0.29, 0.717) is 35.5 Å². The molecule has 0 bridgehead atoms. The van der Waals surface area contributed by atoms with Crippen LogP contribution in [0.15, 0.2) is 83.7 Å². The molecular weight excluding hydrogens is 412 g/mol. The quantitative estimate of drug-likeness (QED) is 0.445. The van der Waals surface area contributed by atoms with E-state index in [1.165, 1.54) is 0 Å². The van der Waals surface area contributed by atoms with E-state index in [4.69, 9.17) is 4.98 Å². The molecule has 1 heterocycles. The van der Waals surface area contributed by atoms with E-state index < -0.39 is 0 Å². The van der Waals surface area contributed by atoms with Crippen LogP contribution in [0.4, 0.5) is 5.95 Å². The van der Waals surface area contributed by atoms with E-state index in [2.05, 4.69) is 10.2 Å². The van der Waals surface area contributed by atoms with E-state index in [-0.39, 0.29) is 11.5 Å². The monoisotopic (exact) mass is 440 g/mol. The van der Waals surface area contributed by atoms with Crippen LogP contribution in [0.5, 0.6) is 0 Å². The van der Waals surface area contributed by atoms with Crippen LogP contribution < -0.4 is 15.8 Å². The molecule has 0 aliphatic rings. The average Bonchev–Trinajstić information content (AvgIpc) is 2.86. The predicted molar refractivity (Wildman–Crippen MR) is 133 cm³/mol. The molecule has 0 fully saturated rings. The van der Waals surface area contributed by atoms with Crippen molar-refractivity contribution in [3.63, 3.8) is 0 Å². The highest BCUT2D eigenvalue weighted by Gasteiger charge is 2.17. The summed E-state index contributed by atoms with van der Waals surface area (Å²) >= 11 is 0. The van der Waals surface area contributed by atoms with Crippen molar-refractivity contribution in [1.29, 1.82) is 0 Å². The summed E-state index contributed by atoms with van der Waals surface area (Å²) in [5.74, 6) is 0.420. The van der Waals surface area contributed by atoms with Crippen LogP contribution in [0.3, 0.4) is 0 Å². The van der Waals surface area contributed by atoms with Gasteiger partial charge in [0, 0.05) is 25.2 Å². The summed E-state index contributed by atoms with van der Waals surface area (Å²) in [4.78, 5) is 33.1. The minimum absolute atomic E-state index is 0.109. The Bertz CT molecular complexity index is 1300. The summed E-state index contributed by atoms with van der Waals surface area (Å²) in [5, 5.41) is 3.44. The molecule has 0 aliphatic carbocycles. The largest absolute Gasteiger partial charge is 0.348 e. The highest BCUT2D eigenvalue weighted by atomic mass is 16.1. The Morgan fingerprint density at radius 3 is 2.18 bits per heavy atom. The Labute approximate surface area is 193 Å². The Kier molecular flexibility index (Phi) is 6.83. The van der Waals surface area contributed by atoms with Crippen LogP contribution >= 0.6 is 0 Å². The third-order valence-corrected chi connectivity index (χ3v) is 5.72. The SMILES string of the molecule is CCN(CC)c1nc2cc(C(=O)NCc3ccccc3)ccc2c(=O)n1Cc1ccccc1. The number of hydrogen-bond acceptors (Lipinski definition) is 4. The number of amides is 1. The van der Waals surface area contributed by atoms with Gasteiger partial charge < -0.3 is 10.2 Å². The van der Waals surface area contributed by atoms with Crippen molar-refractivity contribution >= 4 is 22.8 Å². The van der Waals surface area contributed by atoms with E-state index in [1.54, 1.807) is 22.8 Å². The first-order chi connectivity index (χ1) is 16.1. The molecule has 0 unspecified atom stereocenters. The molecule has 168 valence electrons. The Morgan fingerprint density at radius 2 is 1.55 bits per heavy atom. The highest BCUT2D eigenvalue weighted by molar-refractivity contribution is 5.97. The van der Waals surface area contributed by atoms with Gasteiger partial charge in [-0.25, -0.2) is 4.98 Å². The molecule has 4 aromatic rings. The number of fused-ring (bicyclic) bond motifs is 1. The number of rotatable bonds is 8. The van der Waals surface area contributed by atoms with Crippen LogP contribution in [0.2, 0.25) is 0 Å². The third kappa shape index (κ3) is 4.95. The summed E-state index contributed by atoms with van der Waals surface area (Å²) in [6.45, 7) is 6.41. The van der Waals surface area contributed by atoms with Gasteiger partial charge in [-0.2, -0.15) is 0 Å². The number of anilines is 1. The normalized spacial score (nSPS) is 10.8. The van der Waals surface area contributed by atoms with Gasteiger partial charge >= 0.3 is 0 Å². The second-order valence-electron chi connectivity index (χ2n) is 7.86. The fourth-order valence-electron chi connectivity index (χ4n) is 3.89. The van der Waals surface area contributed by atoms with E-state index in [1.807, 2.05) is 74.5 Å². The zero-order valence-electron chi connectivity index (χ0n) is 19.0. The molecule has 4 rings (SSSR count). The Hall–Kier alpha value is -3.93. The van der Waals surface area contributed by atoms with E-state index >= 15 is 0 Å². The van der Waals surface area contributed by atoms with Gasteiger partial charge in [0.2, 0.25) is 5.95 Å². The molecule has 0 atom stereocenters. The third-order valence-electron chi connectivity index (χ3n) is 5.72. The lowest BCUT2D eigenvalue weighted by Crippen LogP contribution is -2.33. The van der Waals surface area contributed by atoms with Crippen LogP contribution in [-0.2, 0) is 13.1 Å². The molecule has 0 saturated heterocycles. The number of nitrogens with zero attached hydrogens (tertiary/aromatic N) is 3. The zero-order valence-corrected chi connectivity index (χ0v) is 19.0. The van der Waals surface area contributed by atoms with Crippen molar-refractivity contribution in [3.8, 4) is 0 Å². The first-order valence-electron chi connectivity index (χ1n) is 11.3. The molecule has 1 amide bonds. The first-order valence-corrected chi connectivity index (χ1v) is 11.3. The predicted octanol–water partition coefficient (Wildman–Crippen LogP) is 4.22. The standard InChI is InChI=1S/C27H28N4O2/c1-3-30(4-2)27-29-24-17-22(25(32)28-18-20-11-7-5-8-12-20)15-16-23(24)26(33)31(27)19-21-13-9-6-10-14-21/h5-17H,3-4,18-19H2,1-2H3,(H,28,32). The summed E-state index contributed by atoms with van der Waals surface area (Å²) in [5.41, 5.74) is 2.96. The van der Waals surface area contributed by atoms with Gasteiger partial charge in [-0.05, 0) is 43.2 Å². The molecule has 1 aromatic heterocycles. The highest BCUT2D eigenvalue weighted by Crippen LogP contribution is 2.18. The second kappa shape index (κ2) is 10.1. The number of carbonyl (C=O) groups is 1. The number of carbonyl (C=O) groups excluding carboxylic acids is 1. The van der Waals surface area contributed by atoms with E-state index in [9.17, 15) is 9.59 Å². The lowest BCUT2D eigenvalue weighted by molar-refractivity contribution is 0.0951. The number of aromatic nitrogens is 2. The summed E-state index contributed by atoms with van der Waals surface area (Å²) < 4.78 is 1.72. The van der Waals surface area contributed by atoms with Crippen molar-refractivity contribution in [2.75, 3.05) is 18.0 Å². The Balaban J connectivity index is 1.71. The van der Waals surface area contributed by atoms with Crippen molar-refractivity contribution < 1.29 is 4.79 Å². The van der Waals surface area contributed by atoms with Gasteiger partial charge in [0.1, 0.15) is 0 Å². The minimum Gasteiger partial charge on any atom is -0.348 e. The molecule has 0 spiro atoms. The zero-order chi connectivity index (χ0) is 23.2. The van der Waals surface area contributed by atoms with E-state index in [0.717, 1.165) is 24.2 Å². The van der Waals surface area contributed by atoms with Crippen LogP contribution in [0, 0.1) is 0 Å². The van der Waals surface area contributed by atoms with Gasteiger partial charge in [-0.1, -0.05) is 60.7 Å². The molecule has 6 nitrogen and oxygen atoms in total. The first kappa shape index (κ1) is 22.3. The van der Waals surface area contributed by atoms with Crippen LogP contribution in [0.1, 0.15) is 35.3 Å². The van der Waals surface area contributed by atoms with Crippen molar-refractivity contribution in [2.45, 2.75) is 26.9 Å². The molecule has 1 N–H and O–H groups in total. The Morgan fingerprint density at radius 1 is 0.909 bits per heavy atom. The number of benzene rings is 3. The topological polar surface area (TPSA) is 67.2 Å². The maximum absolute atomic E-state index is 13.5. The smallest absolute Gasteiger partial charge is 0.263 e. The van der Waals surface area contributed by atoms with Gasteiger partial charge in [0.05, 0.1) is 17.4 Å². The van der Waals surface area contributed by atoms with Crippen LogP contribution in [-0.4, -0.2) is 28.5 Å². The maximum Gasteiger partial charge on any atom is 0.263 e.